The van der Waals surface area contributed by atoms with Gasteiger partial charge in [0.05, 0.1) is 14.2 Å². The summed E-state index contributed by atoms with van der Waals surface area (Å²) in [6, 6.07) is 6.53. The van der Waals surface area contributed by atoms with Crippen LogP contribution in [0.5, 0.6) is 0 Å². The molecular weight excluding hydrogens is 290 g/mol. The molecule has 0 atom stereocenters. The van der Waals surface area contributed by atoms with Crippen LogP contribution in [0.15, 0.2) is 35.5 Å². The highest BCUT2D eigenvalue weighted by Gasteiger charge is 2.46. The van der Waals surface area contributed by atoms with Gasteiger partial charge in [0, 0.05) is 5.69 Å². The second-order valence-electron chi connectivity index (χ2n) is 4.51. The number of esters is 2. The van der Waals surface area contributed by atoms with Crippen molar-refractivity contribution in [3.05, 3.63) is 41.1 Å². The van der Waals surface area contributed by atoms with Crippen molar-refractivity contribution in [3.63, 3.8) is 0 Å². The molecule has 1 heterocycles. The molecule has 22 heavy (non-hydrogen) atoms. The first kappa shape index (κ1) is 15.4. The van der Waals surface area contributed by atoms with Crippen LogP contribution in [0.4, 0.5) is 5.69 Å². The topological polar surface area (TPSA) is 90.0 Å². The summed E-state index contributed by atoms with van der Waals surface area (Å²) < 4.78 is 9.06. The van der Waals surface area contributed by atoms with Crippen molar-refractivity contribution < 1.29 is 28.7 Å². The van der Waals surface area contributed by atoms with E-state index >= 15 is 0 Å². The minimum atomic E-state index is -1.10. The minimum absolute atomic E-state index is 0.281. The van der Waals surface area contributed by atoms with Gasteiger partial charge in [0.15, 0.2) is 5.70 Å². The first-order valence-electron chi connectivity index (χ1n) is 6.28. The van der Waals surface area contributed by atoms with Crippen molar-refractivity contribution in [2.45, 2.75) is 6.92 Å². The molecule has 1 aromatic rings. The first-order chi connectivity index (χ1) is 10.4. The molecule has 0 fully saturated rings. The fraction of sp³-hybridized carbons (Fsp3) is 0.200. The lowest BCUT2D eigenvalue weighted by molar-refractivity contribution is -0.141. The number of hydrogen-bond acceptors (Lipinski definition) is 6. The largest absolute Gasteiger partial charge is 0.465 e. The number of carbonyl (C=O) groups is 4. The number of aryl methyl sites for hydroxylation is 1. The molecule has 0 spiro atoms. The van der Waals surface area contributed by atoms with Crippen LogP contribution in [0.2, 0.25) is 0 Å². The number of ether oxygens (including phenoxy) is 2. The number of amides is 1. The number of rotatable bonds is 3. The number of carbonyl (C=O) groups excluding carboxylic acids is 4. The molecule has 1 aromatic carbocycles. The third kappa shape index (κ3) is 2.37. The Kier molecular flexibility index (Phi) is 4.07. The van der Waals surface area contributed by atoms with Gasteiger partial charge in [-0.05, 0) is 19.1 Å². The third-order valence-electron chi connectivity index (χ3n) is 3.15. The number of hydrogen-bond donors (Lipinski definition) is 0. The van der Waals surface area contributed by atoms with E-state index < -0.39 is 34.9 Å². The van der Waals surface area contributed by atoms with Crippen LogP contribution < -0.4 is 4.90 Å². The van der Waals surface area contributed by atoms with Crippen molar-refractivity contribution in [2.24, 2.45) is 0 Å². The van der Waals surface area contributed by atoms with Gasteiger partial charge < -0.3 is 9.47 Å². The third-order valence-corrected chi connectivity index (χ3v) is 3.15. The van der Waals surface area contributed by atoms with Gasteiger partial charge in [-0.2, -0.15) is 0 Å². The summed E-state index contributed by atoms with van der Waals surface area (Å²) in [4.78, 5) is 48.8. The van der Waals surface area contributed by atoms with E-state index in [1.54, 1.807) is 24.3 Å². The molecule has 0 radical (unpaired) electrons. The monoisotopic (exact) mass is 303 g/mol. The van der Waals surface area contributed by atoms with Gasteiger partial charge in [-0.15, -0.1) is 0 Å². The molecule has 0 aliphatic carbocycles. The lowest BCUT2D eigenvalue weighted by Crippen LogP contribution is -2.31. The standard InChI is InChI=1S/C15H13NO6/c1-8-4-6-9(7-5-8)16-11(15(20)22-3)10(14(19)21-2)12(17)13(16)18/h4-7H,1-3H3. The molecule has 7 heteroatoms. The molecule has 0 bridgehead atoms. The maximum absolute atomic E-state index is 12.2. The van der Waals surface area contributed by atoms with Crippen LogP contribution in [0.3, 0.4) is 0 Å². The number of Topliss-reactive ketones (excluding diaryl/α,β-unsaturated/α-hetero) is 1. The summed E-state index contributed by atoms with van der Waals surface area (Å²) in [7, 11) is 2.14. The van der Waals surface area contributed by atoms with Crippen LogP contribution in [-0.2, 0) is 28.7 Å². The summed E-state index contributed by atoms with van der Waals surface area (Å²) in [5, 5.41) is 0. The fourth-order valence-corrected chi connectivity index (χ4v) is 2.05. The van der Waals surface area contributed by atoms with E-state index in [0.717, 1.165) is 24.7 Å². The van der Waals surface area contributed by atoms with Crippen LogP contribution >= 0.6 is 0 Å². The average molecular weight is 303 g/mol. The highest BCUT2D eigenvalue weighted by Crippen LogP contribution is 2.30. The Hall–Kier alpha value is -2.96. The van der Waals surface area contributed by atoms with Crippen molar-refractivity contribution in [3.8, 4) is 0 Å². The van der Waals surface area contributed by atoms with Gasteiger partial charge in [0.1, 0.15) is 5.57 Å². The smallest absolute Gasteiger partial charge is 0.356 e. The van der Waals surface area contributed by atoms with Crippen molar-refractivity contribution >= 4 is 29.3 Å². The zero-order valence-corrected chi connectivity index (χ0v) is 12.2. The lowest BCUT2D eigenvalue weighted by Gasteiger charge is -2.18. The number of anilines is 1. The van der Waals surface area contributed by atoms with Crippen LogP contribution in [0, 0.1) is 6.92 Å². The summed E-state index contributed by atoms with van der Waals surface area (Å²) in [6.45, 7) is 1.84. The molecule has 1 amide bonds. The molecule has 1 aliphatic heterocycles. The Morgan fingerprint density at radius 2 is 1.50 bits per heavy atom. The quantitative estimate of drug-likeness (QED) is 0.459. The van der Waals surface area contributed by atoms with Gasteiger partial charge in [-0.25, -0.2) is 9.59 Å². The van der Waals surface area contributed by atoms with Crippen molar-refractivity contribution in [1.29, 1.82) is 0 Å². The predicted molar refractivity (Wildman–Crippen MR) is 74.7 cm³/mol. The fourth-order valence-electron chi connectivity index (χ4n) is 2.05. The van der Waals surface area contributed by atoms with Gasteiger partial charge in [0.25, 0.3) is 5.78 Å². The number of methoxy groups -OCH3 is 2. The number of benzene rings is 1. The Morgan fingerprint density at radius 3 is 2.00 bits per heavy atom. The summed E-state index contributed by atoms with van der Waals surface area (Å²) in [5.41, 5.74) is 0.148. The van der Waals surface area contributed by atoms with E-state index in [2.05, 4.69) is 9.47 Å². The number of ketones is 1. The van der Waals surface area contributed by atoms with E-state index in [4.69, 9.17) is 0 Å². The average Bonchev–Trinajstić information content (AvgIpc) is 2.79. The van der Waals surface area contributed by atoms with Crippen LogP contribution in [-0.4, -0.2) is 37.8 Å². The zero-order chi connectivity index (χ0) is 16.4. The minimum Gasteiger partial charge on any atom is -0.465 e. The van der Waals surface area contributed by atoms with Crippen LogP contribution in [0.25, 0.3) is 0 Å². The first-order valence-corrected chi connectivity index (χ1v) is 6.28. The van der Waals surface area contributed by atoms with Gasteiger partial charge in [-0.3, -0.25) is 14.5 Å². The highest BCUT2D eigenvalue weighted by atomic mass is 16.5. The molecule has 0 saturated heterocycles. The molecule has 114 valence electrons. The zero-order valence-electron chi connectivity index (χ0n) is 12.2. The van der Waals surface area contributed by atoms with Gasteiger partial charge >= 0.3 is 17.8 Å². The van der Waals surface area contributed by atoms with Crippen LogP contribution in [0.1, 0.15) is 5.56 Å². The van der Waals surface area contributed by atoms with E-state index in [-0.39, 0.29) is 5.69 Å². The van der Waals surface area contributed by atoms with Crippen molar-refractivity contribution in [2.75, 3.05) is 19.1 Å². The Bertz CT molecular complexity index is 701. The van der Waals surface area contributed by atoms with Crippen molar-refractivity contribution in [1.82, 2.24) is 0 Å². The van der Waals surface area contributed by atoms with E-state index in [1.165, 1.54) is 0 Å². The second kappa shape index (κ2) is 5.80. The van der Waals surface area contributed by atoms with Gasteiger partial charge in [-0.1, -0.05) is 17.7 Å². The summed E-state index contributed by atoms with van der Waals surface area (Å²) >= 11 is 0. The molecule has 0 aromatic heterocycles. The molecule has 7 nitrogen and oxygen atoms in total. The van der Waals surface area contributed by atoms with E-state index in [9.17, 15) is 19.2 Å². The van der Waals surface area contributed by atoms with E-state index in [0.29, 0.717) is 0 Å². The summed E-state index contributed by atoms with van der Waals surface area (Å²) in [5.74, 6) is -4.15. The SMILES string of the molecule is COC(=O)C1=C(C(=O)OC)N(c2ccc(C)cc2)C(=O)C1=O. The maximum atomic E-state index is 12.2. The molecular formula is C15H13NO6. The second-order valence-corrected chi connectivity index (χ2v) is 4.51. The Morgan fingerprint density at radius 1 is 0.955 bits per heavy atom. The lowest BCUT2D eigenvalue weighted by atomic mass is 10.1. The predicted octanol–water partition coefficient (Wildman–Crippen LogP) is 0.511. The van der Waals surface area contributed by atoms with Gasteiger partial charge in [0.2, 0.25) is 0 Å². The number of nitrogens with zero attached hydrogens (tertiary/aromatic N) is 1. The molecule has 0 N–H and O–H groups in total. The maximum Gasteiger partial charge on any atom is 0.356 e. The van der Waals surface area contributed by atoms with E-state index in [1.807, 2.05) is 6.92 Å². The summed E-state index contributed by atoms with van der Waals surface area (Å²) in [6.07, 6.45) is 0. The molecule has 0 unspecified atom stereocenters. The molecule has 0 saturated carbocycles. The molecule has 2 rings (SSSR count). The normalized spacial score (nSPS) is 14.4. The Labute approximate surface area is 126 Å². The molecule has 1 aliphatic rings. The highest BCUT2D eigenvalue weighted by molar-refractivity contribution is 6.57. The Balaban J connectivity index is 2.65.